The number of nitrogens with one attached hydrogen (secondary N) is 1. The lowest BCUT2D eigenvalue weighted by Gasteiger charge is -2.39. The Hall–Kier alpha value is -1.44. The van der Waals surface area contributed by atoms with Crippen LogP contribution in [0.15, 0.2) is 18.7 Å². The van der Waals surface area contributed by atoms with Crippen LogP contribution >= 0.6 is 0 Å². The quantitative estimate of drug-likeness (QED) is 0.815. The summed E-state index contributed by atoms with van der Waals surface area (Å²) in [7, 11) is 1.85. The van der Waals surface area contributed by atoms with E-state index in [1.807, 2.05) is 29.6 Å². The fourth-order valence-electron chi connectivity index (χ4n) is 4.11. The van der Waals surface area contributed by atoms with Gasteiger partial charge in [-0.15, -0.1) is 0 Å². The molecule has 2 fully saturated rings. The Labute approximate surface area is 149 Å². The normalized spacial score (nSPS) is 32.9. The van der Waals surface area contributed by atoms with Crippen molar-refractivity contribution in [1.29, 1.82) is 0 Å². The third kappa shape index (κ3) is 4.40. The number of fused-ring (bicyclic) bond motifs is 1. The lowest BCUT2D eigenvalue weighted by atomic mass is 9.82. The number of ether oxygens (including phenoxy) is 1. The Kier molecular flexibility index (Phi) is 5.76. The molecule has 2 N–H and O–H groups in total. The van der Waals surface area contributed by atoms with Gasteiger partial charge in [0, 0.05) is 44.4 Å². The molecule has 0 saturated carbocycles. The van der Waals surface area contributed by atoms with Crippen molar-refractivity contribution in [3.05, 3.63) is 18.7 Å². The van der Waals surface area contributed by atoms with Crippen molar-refractivity contribution in [2.45, 2.75) is 56.9 Å². The summed E-state index contributed by atoms with van der Waals surface area (Å²) in [6.07, 6.45) is 8.45. The van der Waals surface area contributed by atoms with Gasteiger partial charge in [-0.25, -0.2) is 4.98 Å². The van der Waals surface area contributed by atoms with Crippen LogP contribution in [0.1, 0.15) is 32.6 Å². The monoisotopic (exact) mass is 350 g/mol. The second-order valence-electron chi connectivity index (χ2n) is 7.57. The van der Waals surface area contributed by atoms with Crippen molar-refractivity contribution in [3.63, 3.8) is 0 Å². The summed E-state index contributed by atoms with van der Waals surface area (Å²) in [5.41, 5.74) is -0.818. The number of rotatable bonds is 5. The molecule has 3 rings (SSSR count). The Morgan fingerprint density at radius 3 is 3.08 bits per heavy atom. The average molecular weight is 350 g/mol. The highest BCUT2D eigenvalue weighted by Gasteiger charge is 2.43. The van der Waals surface area contributed by atoms with Crippen LogP contribution in [0, 0.1) is 5.92 Å². The van der Waals surface area contributed by atoms with Crippen LogP contribution in [0.3, 0.4) is 0 Å². The number of carbonyl (C=O) groups excluding carboxylic acids is 1. The fourth-order valence-corrected chi connectivity index (χ4v) is 4.11. The number of hydrogen-bond donors (Lipinski definition) is 2. The molecule has 140 valence electrons. The molecule has 2 aliphatic rings. The van der Waals surface area contributed by atoms with Gasteiger partial charge >= 0.3 is 0 Å². The molecule has 0 spiro atoms. The number of piperidine rings is 1. The maximum atomic E-state index is 12.6. The van der Waals surface area contributed by atoms with E-state index in [9.17, 15) is 9.90 Å². The zero-order valence-corrected chi connectivity index (χ0v) is 15.2. The molecular weight excluding hydrogens is 320 g/mol. The van der Waals surface area contributed by atoms with E-state index < -0.39 is 5.60 Å². The van der Waals surface area contributed by atoms with E-state index in [1.165, 1.54) is 0 Å². The number of likely N-dealkylation sites (N-methyl/N-ethyl adjacent to an activating group) is 1. The standard InChI is InChI=1S/C18H30N4O3/c1-18(24)10-14-11-22(8-5-15(14)25-12-16(18)19-2)17(23)4-3-7-21-9-6-20-13-21/h6,9,13-16,19,24H,3-5,7-8,10-12H2,1-2H3/t14-,15+,16+,18+/m0/s1. The molecule has 1 aromatic heterocycles. The predicted octanol–water partition coefficient (Wildman–Crippen LogP) is 0.640. The molecule has 1 aromatic rings. The van der Waals surface area contributed by atoms with E-state index >= 15 is 0 Å². The predicted molar refractivity (Wildman–Crippen MR) is 94.0 cm³/mol. The van der Waals surface area contributed by atoms with Crippen LogP contribution in [0.2, 0.25) is 0 Å². The summed E-state index contributed by atoms with van der Waals surface area (Å²) in [5, 5.41) is 13.9. The number of aromatic nitrogens is 2. The molecule has 7 nitrogen and oxygen atoms in total. The third-order valence-corrected chi connectivity index (χ3v) is 5.63. The number of aryl methyl sites for hydroxylation is 1. The maximum absolute atomic E-state index is 12.6. The number of amides is 1. The first kappa shape index (κ1) is 18.4. The van der Waals surface area contributed by atoms with Gasteiger partial charge in [-0.05, 0) is 33.2 Å². The minimum atomic E-state index is -0.818. The smallest absolute Gasteiger partial charge is 0.222 e. The van der Waals surface area contributed by atoms with Crippen LogP contribution in [0.5, 0.6) is 0 Å². The molecule has 0 aliphatic carbocycles. The summed E-state index contributed by atoms with van der Waals surface area (Å²) in [4.78, 5) is 18.5. The van der Waals surface area contributed by atoms with Crippen LogP contribution in [0.4, 0.5) is 0 Å². The van der Waals surface area contributed by atoms with Crippen LogP contribution < -0.4 is 5.32 Å². The molecule has 25 heavy (non-hydrogen) atoms. The van der Waals surface area contributed by atoms with Crippen molar-refractivity contribution in [1.82, 2.24) is 19.8 Å². The van der Waals surface area contributed by atoms with Crippen molar-refractivity contribution in [3.8, 4) is 0 Å². The van der Waals surface area contributed by atoms with Crippen molar-refractivity contribution in [2.75, 3.05) is 26.7 Å². The van der Waals surface area contributed by atoms with Gasteiger partial charge in [0.05, 0.1) is 30.7 Å². The molecule has 0 bridgehead atoms. The van der Waals surface area contributed by atoms with Gasteiger partial charge in [-0.3, -0.25) is 4.79 Å². The van der Waals surface area contributed by atoms with Gasteiger partial charge in [0.1, 0.15) is 0 Å². The van der Waals surface area contributed by atoms with Gasteiger partial charge < -0.3 is 24.6 Å². The first-order chi connectivity index (χ1) is 12.0. The number of likely N-dealkylation sites (tertiary alicyclic amines) is 1. The first-order valence-electron chi connectivity index (χ1n) is 9.24. The molecule has 7 heteroatoms. The van der Waals surface area contributed by atoms with Crippen LogP contribution in [0.25, 0.3) is 0 Å². The summed E-state index contributed by atoms with van der Waals surface area (Å²) < 4.78 is 8.03. The number of imidazole rings is 1. The zero-order valence-electron chi connectivity index (χ0n) is 15.2. The van der Waals surface area contributed by atoms with Crippen molar-refractivity contribution < 1.29 is 14.6 Å². The van der Waals surface area contributed by atoms with E-state index in [-0.39, 0.29) is 24.0 Å². The average Bonchev–Trinajstić information content (AvgIpc) is 3.04. The highest BCUT2D eigenvalue weighted by Crippen LogP contribution is 2.33. The van der Waals surface area contributed by atoms with E-state index in [0.29, 0.717) is 26.0 Å². The number of carbonyl (C=O) groups is 1. The van der Waals surface area contributed by atoms with Gasteiger partial charge in [0.15, 0.2) is 0 Å². The molecular formula is C18H30N4O3. The minimum Gasteiger partial charge on any atom is -0.388 e. The summed E-state index contributed by atoms with van der Waals surface area (Å²) >= 11 is 0. The summed E-state index contributed by atoms with van der Waals surface area (Å²) in [6, 6.07) is -0.0718. The Bertz CT molecular complexity index is 561. The molecule has 4 atom stereocenters. The molecule has 2 saturated heterocycles. The van der Waals surface area contributed by atoms with Gasteiger partial charge in [0.2, 0.25) is 5.91 Å². The highest BCUT2D eigenvalue weighted by atomic mass is 16.5. The van der Waals surface area contributed by atoms with Gasteiger partial charge in [-0.1, -0.05) is 0 Å². The van der Waals surface area contributed by atoms with E-state index in [2.05, 4.69) is 10.3 Å². The van der Waals surface area contributed by atoms with E-state index in [4.69, 9.17) is 4.74 Å². The Balaban J connectivity index is 1.52. The second kappa shape index (κ2) is 7.85. The minimum absolute atomic E-state index is 0.0718. The van der Waals surface area contributed by atoms with Crippen molar-refractivity contribution >= 4 is 5.91 Å². The maximum Gasteiger partial charge on any atom is 0.222 e. The van der Waals surface area contributed by atoms with Crippen LogP contribution in [-0.4, -0.2) is 70.0 Å². The van der Waals surface area contributed by atoms with Gasteiger partial charge in [-0.2, -0.15) is 0 Å². The lowest BCUT2D eigenvalue weighted by Crippen LogP contribution is -2.51. The SMILES string of the molecule is CN[C@@H]1CO[C@@H]2CCN(C(=O)CCCn3ccnc3)C[C@@H]2C[C@@]1(C)O. The third-order valence-electron chi connectivity index (χ3n) is 5.63. The molecule has 3 heterocycles. The first-order valence-corrected chi connectivity index (χ1v) is 9.24. The lowest BCUT2D eigenvalue weighted by molar-refractivity contribution is -0.136. The Morgan fingerprint density at radius 2 is 2.36 bits per heavy atom. The van der Waals surface area contributed by atoms with Crippen molar-refractivity contribution in [2.24, 2.45) is 5.92 Å². The highest BCUT2D eigenvalue weighted by molar-refractivity contribution is 5.76. The largest absolute Gasteiger partial charge is 0.388 e. The number of nitrogens with zero attached hydrogens (tertiary/aromatic N) is 3. The molecule has 0 radical (unpaired) electrons. The topological polar surface area (TPSA) is 79.6 Å². The number of aliphatic hydroxyl groups is 1. The molecule has 2 aliphatic heterocycles. The summed E-state index contributed by atoms with van der Waals surface area (Å²) in [6.45, 7) is 4.63. The van der Waals surface area contributed by atoms with E-state index in [0.717, 1.165) is 25.9 Å². The molecule has 0 unspecified atom stereocenters. The van der Waals surface area contributed by atoms with E-state index in [1.54, 1.807) is 12.5 Å². The van der Waals surface area contributed by atoms with Gasteiger partial charge in [0.25, 0.3) is 0 Å². The van der Waals surface area contributed by atoms with Crippen LogP contribution in [-0.2, 0) is 16.1 Å². The summed E-state index contributed by atoms with van der Waals surface area (Å²) in [5.74, 6) is 0.396. The zero-order chi connectivity index (χ0) is 17.9. The fraction of sp³-hybridized carbons (Fsp3) is 0.778. The molecule has 1 amide bonds. The number of hydrogen-bond acceptors (Lipinski definition) is 5. The second-order valence-corrected chi connectivity index (χ2v) is 7.57. The molecule has 0 aromatic carbocycles. The Morgan fingerprint density at radius 1 is 1.52 bits per heavy atom.